The summed E-state index contributed by atoms with van der Waals surface area (Å²) in [6.45, 7) is 2.03. The number of hydrogen-bond acceptors (Lipinski definition) is 3. The molecule has 0 spiro atoms. The van der Waals surface area contributed by atoms with Gasteiger partial charge in [0.2, 0.25) is 0 Å². The zero-order valence-electron chi connectivity index (χ0n) is 8.29. The number of fused-ring (bicyclic) bond motifs is 2. The molecule has 2 aliphatic heterocycles. The minimum absolute atomic E-state index is 0.401. The van der Waals surface area contributed by atoms with Gasteiger partial charge in [0, 0.05) is 17.2 Å². The zero-order valence-corrected chi connectivity index (χ0v) is 8.29. The number of nitrogens with one attached hydrogen (secondary N) is 1. The van der Waals surface area contributed by atoms with E-state index in [0.29, 0.717) is 23.9 Å². The topological polar surface area (TPSA) is 63.9 Å². The van der Waals surface area contributed by atoms with Crippen molar-refractivity contribution in [2.24, 2.45) is 0 Å². The number of H-pyrrole nitrogens is 1. The van der Waals surface area contributed by atoms with E-state index in [2.05, 4.69) is 10.2 Å². The summed E-state index contributed by atoms with van der Waals surface area (Å²) in [7, 11) is 0. The maximum atomic E-state index is 5.81. The number of nitrogen functional groups attached to an aromatic ring is 1. The molecule has 2 fully saturated rings. The van der Waals surface area contributed by atoms with Crippen molar-refractivity contribution in [3.05, 3.63) is 11.3 Å². The number of nitrogens with two attached hydrogens (primary N) is 1. The second-order valence-corrected chi connectivity index (χ2v) is 4.36. The van der Waals surface area contributed by atoms with E-state index in [1.807, 2.05) is 6.92 Å². The Kier molecular flexibility index (Phi) is 1.62. The summed E-state index contributed by atoms with van der Waals surface area (Å²) in [6, 6.07) is 0. The van der Waals surface area contributed by atoms with Crippen LogP contribution >= 0.6 is 0 Å². The standard InChI is InChI=1S/C10H15N3O/c1-5-9(12-13-10(5)11)7-4-6-2-3-8(7)14-6/h6-8H,2-4H2,1H3,(H3,11,12,13)/t6-,7?,8+/m0/s1. The first kappa shape index (κ1) is 8.29. The van der Waals surface area contributed by atoms with Crippen LogP contribution in [-0.2, 0) is 4.74 Å². The van der Waals surface area contributed by atoms with E-state index in [1.54, 1.807) is 0 Å². The molecule has 14 heavy (non-hydrogen) atoms. The molecule has 3 N–H and O–H groups in total. The Balaban J connectivity index is 1.93. The minimum Gasteiger partial charge on any atom is -0.382 e. The van der Waals surface area contributed by atoms with E-state index >= 15 is 0 Å². The fraction of sp³-hybridized carbons (Fsp3) is 0.700. The Bertz CT molecular complexity index is 360. The fourth-order valence-corrected chi connectivity index (χ4v) is 2.73. The smallest absolute Gasteiger partial charge is 0.148 e. The number of ether oxygens (including phenoxy) is 1. The van der Waals surface area contributed by atoms with Crippen LogP contribution in [0.3, 0.4) is 0 Å². The van der Waals surface area contributed by atoms with Crippen LogP contribution in [0.5, 0.6) is 0 Å². The summed E-state index contributed by atoms with van der Waals surface area (Å²) in [4.78, 5) is 0. The number of aromatic nitrogens is 2. The first-order valence-electron chi connectivity index (χ1n) is 5.21. The van der Waals surface area contributed by atoms with Crippen molar-refractivity contribution in [3.63, 3.8) is 0 Å². The lowest BCUT2D eigenvalue weighted by atomic mass is 9.85. The summed E-state index contributed by atoms with van der Waals surface area (Å²) in [6.07, 6.45) is 4.43. The first-order valence-corrected chi connectivity index (χ1v) is 5.21. The van der Waals surface area contributed by atoms with Gasteiger partial charge >= 0.3 is 0 Å². The molecule has 2 aliphatic rings. The Morgan fingerprint density at radius 2 is 2.36 bits per heavy atom. The molecule has 1 aromatic rings. The zero-order chi connectivity index (χ0) is 9.71. The molecule has 3 atom stereocenters. The van der Waals surface area contributed by atoms with Crippen molar-refractivity contribution in [2.45, 2.75) is 44.3 Å². The van der Waals surface area contributed by atoms with Gasteiger partial charge < -0.3 is 10.5 Å². The van der Waals surface area contributed by atoms with Gasteiger partial charge in [-0.05, 0) is 26.2 Å². The molecule has 0 radical (unpaired) electrons. The molecule has 1 aromatic heterocycles. The SMILES string of the molecule is Cc1c(N)n[nH]c1C1C[C@@H]2CC[C@H]1O2. The van der Waals surface area contributed by atoms with E-state index in [9.17, 15) is 0 Å². The van der Waals surface area contributed by atoms with Gasteiger partial charge in [0.1, 0.15) is 5.82 Å². The van der Waals surface area contributed by atoms with E-state index in [0.717, 1.165) is 12.0 Å². The van der Waals surface area contributed by atoms with Crippen molar-refractivity contribution in [1.29, 1.82) is 0 Å². The molecular weight excluding hydrogens is 178 g/mol. The summed E-state index contributed by atoms with van der Waals surface area (Å²) in [5.41, 5.74) is 8.02. The highest BCUT2D eigenvalue weighted by Gasteiger charge is 2.42. The van der Waals surface area contributed by atoms with Crippen molar-refractivity contribution in [1.82, 2.24) is 10.2 Å². The lowest BCUT2D eigenvalue weighted by Gasteiger charge is -2.17. The van der Waals surface area contributed by atoms with E-state index in [4.69, 9.17) is 10.5 Å². The monoisotopic (exact) mass is 193 g/mol. The van der Waals surface area contributed by atoms with E-state index in [-0.39, 0.29) is 0 Å². The Morgan fingerprint density at radius 3 is 2.86 bits per heavy atom. The van der Waals surface area contributed by atoms with Gasteiger partial charge in [0.25, 0.3) is 0 Å². The average molecular weight is 193 g/mol. The average Bonchev–Trinajstić information content (AvgIpc) is 2.84. The molecule has 0 saturated carbocycles. The van der Waals surface area contributed by atoms with Gasteiger partial charge in [0.05, 0.1) is 12.2 Å². The Morgan fingerprint density at radius 1 is 1.50 bits per heavy atom. The van der Waals surface area contributed by atoms with Crippen LogP contribution in [0.15, 0.2) is 0 Å². The third-order valence-corrected chi connectivity index (χ3v) is 3.56. The number of nitrogens with zero attached hydrogens (tertiary/aromatic N) is 1. The van der Waals surface area contributed by atoms with Crippen LogP contribution in [0.1, 0.15) is 36.4 Å². The third-order valence-electron chi connectivity index (χ3n) is 3.56. The second kappa shape index (κ2) is 2.73. The van der Waals surface area contributed by atoms with Crippen LogP contribution < -0.4 is 5.73 Å². The second-order valence-electron chi connectivity index (χ2n) is 4.36. The summed E-state index contributed by atoms with van der Waals surface area (Å²) in [5, 5.41) is 7.09. The third kappa shape index (κ3) is 1.00. The van der Waals surface area contributed by atoms with E-state index < -0.39 is 0 Å². The van der Waals surface area contributed by atoms with Gasteiger partial charge in [-0.3, -0.25) is 5.10 Å². The first-order chi connectivity index (χ1) is 6.75. The summed E-state index contributed by atoms with van der Waals surface area (Å²) in [5.74, 6) is 1.13. The maximum absolute atomic E-state index is 5.81. The van der Waals surface area contributed by atoms with Gasteiger partial charge in [0.15, 0.2) is 0 Å². The maximum Gasteiger partial charge on any atom is 0.148 e. The highest BCUT2D eigenvalue weighted by molar-refractivity contribution is 5.42. The van der Waals surface area contributed by atoms with Crippen molar-refractivity contribution in [3.8, 4) is 0 Å². The lowest BCUT2D eigenvalue weighted by molar-refractivity contribution is 0.100. The highest BCUT2D eigenvalue weighted by Crippen LogP contribution is 2.44. The molecule has 0 aliphatic carbocycles. The van der Waals surface area contributed by atoms with Crippen LogP contribution in [-0.4, -0.2) is 22.4 Å². The van der Waals surface area contributed by atoms with Crippen molar-refractivity contribution in [2.75, 3.05) is 5.73 Å². The summed E-state index contributed by atoms with van der Waals surface area (Å²) < 4.78 is 5.81. The van der Waals surface area contributed by atoms with Crippen LogP contribution in [0.25, 0.3) is 0 Å². The minimum atomic E-state index is 0.401. The highest BCUT2D eigenvalue weighted by atomic mass is 16.5. The Hall–Kier alpha value is -1.03. The number of hydrogen-bond donors (Lipinski definition) is 2. The predicted molar refractivity (Wildman–Crippen MR) is 53.0 cm³/mol. The molecule has 3 rings (SSSR count). The molecule has 1 unspecified atom stereocenters. The number of rotatable bonds is 1. The molecule has 4 heteroatoms. The van der Waals surface area contributed by atoms with Gasteiger partial charge in [-0.25, -0.2) is 0 Å². The van der Waals surface area contributed by atoms with Crippen molar-refractivity contribution < 1.29 is 4.74 Å². The molecular formula is C10H15N3O. The molecule has 4 nitrogen and oxygen atoms in total. The van der Waals surface area contributed by atoms with Crippen LogP contribution in [0.2, 0.25) is 0 Å². The lowest BCUT2D eigenvalue weighted by Crippen LogP contribution is -2.15. The molecule has 3 heterocycles. The molecule has 2 bridgehead atoms. The van der Waals surface area contributed by atoms with E-state index in [1.165, 1.54) is 18.5 Å². The molecule has 76 valence electrons. The number of aromatic amines is 1. The fourth-order valence-electron chi connectivity index (χ4n) is 2.73. The molecule has 2 saturated heterocycles. The van der Waals surface area contributed by atoms with Gasteiger partial charge in [-0.2, -0.15) is 5.10 Å². The number of anilines is 1. The molecule has 0 amide bonds. The Labute approximate surface area is 82.8 Å². The molecule has 0 aromatic carbocycles. The normalized spacial score (nSPS) is 35.4. The summed E-state index contributed by atoms with van der Waals surface area (Å²) >= 11 is 0. The quantitative estimate of drug-likeness (QED) is 0.707. The van der Waals surface area contributed by atoms with Gasteiger partial charge in [-0.15, -0.1) is 0 Å². The van der Waals surface area contributed by atoms with Crippen LogP contribution in [0, 0.1) is 6.92 Å². The predicted octanol–water partition coefficient (Wildman–Crippen LogP) is 1.34. The van der Waals surface area contributed by atoms with Crippen LogP contribution in [0.4, 0.5) is 5.82 Å². The van der Waals surface area contributed by atoms with Crippen molar-refractivity contribution >= 4 is 5.82 Å². The largest absolute Gasteiger partial charge is 0.382 e. The van der Waals surface area contributed by atoms with Gasteiger partial charge in [-0.1, -0.05) is 0 Å².